The average Bonchev–Trinajstić information content (AvgIpc) is 3.45. The number of aromatic nitrogens is 2. The van der Waals surface area contributed by atoms with Crippen LogP contribution in [0.15, 0.2) is 101 Å². The number of fused-ring (bicyclic) bond motifs is 2. The Morgan fingerprint density at radius 2 is 1.44 bits per heavy atom. The van der Waals surface area contributed by atoms with Gasteiger partial charge in [-0.2, -0.15) is 5.11 Å². The van der Waals surface area contributed by atoms with Crippen molar-refractivity contribution in [2.45, 2.75) is 26.5 Å². The van der Waals surface area contributed by atoms with Gasteiger partial charge in [-0.05, 0) is 83.9 Å². The molecule has 5 aromatic rings. The summed E-state index contributed by atoms with van der Waals surface area (Å²) in [6.07, 6.45) is 1.43. The number of carbonyl (C=O) groups excluding carboxylic acids is 1. The first-order valence-corrected chi connectivity index (χ1v) is 12.9. The van der Waals surface area contributed by atoms with Crippen molar-refractivity contribution in [1.82, 2.24) is 9.78 Å². The maximum atomic E-state index is 11.9. The van der Waals surface area contributed by atoms with E-state index < -0.39 is 5.72 Å². The number of carbonyl (C=O) groups is 1. The van der Waals surface area contributed by atoms with Crippen LogP contribution in [0.1, 0.15) is 19.5 Å². The molecule has 4 aromatic carbocycles. The number of methoxy groups -OCH3 is 2. The van der Waals surface area contributed by atoms with Crippen molar-refractivity contribution in [2.75, 3.05) is 14.2 Å². The highest BCUT2D eigenvalue weighted by Gasteiger charge is 2.39. The second-order valence-electron chi connectivity index (χ2n) is 9.75. The molecule has 1 N–H and O–H groups in total. The third-order valence-electron chi connectivity index (χ3n) is 6.69. The van der Waals surface area contributed by atoms with Crippen LogP contribution in [0.5, 0.6) is 17.4 Å². The molecule has 1 unspecified atom stereocenters. The van der Waals surface area contributed by atoms with E-state index in [-0.39, 0.29) is 11.7 Å². The summed E-state index contributed by atoms with van der Waals surface area (Å²) in [5.41, 5.74) is 1.20. The molecule has 2 heterocycles. The van der Waals surface area contributed by atoms with Crippen LogP contribution in [-0.2, 0) is 9.53 Å². The number of ketones is 1. The smallest absolute Gasteiger partial charge is 0.278 e. The van der Waals surface area contributed by atoms with Gasteiger partial charge in [0.25, 0.3) is 5.72 Å². The van der Waals surface area contributed by atoms with Gasteiger partial charge < -0.3 is 19.3 Å². The summed E-state index contributed by atoms with van der Waals surface area (Å²) in [5, 5.41) is 26.0. The van der Waals surface area contributed by atoms with E-state index in [1.54, 1.807) is 38.8 Å². The zero-order valence-corrected chi connectivity index (χ0v) is 23.5. The van der Waals surface area contributed by atoms with Crippen molar-refractivity contribution in [3.63, 3.8) is 0 Å². The second kappa shape index (κ2) is 11.1. The highest BCUT2D eigenvalue weighted by atomic mass is 16.5. The predicted molar refractivity (Wildman–Crippen MR) is 157 cm³/mol. The summed E-state index contributed by atoms with van der Waals surface area (Å²) >= 11 is 0. The molecule has 1 atom stereocenters. The highest BCUT2D eigenvalue weighted by molar-refractivity contribution is 5.98. The molecule has 0 saturated carbocycles. The van der Waals surface area contributed by atoms with Gasteiger partial charge in [0, 0.05) is 24.8 Å². The number of allylic oxidation sites excluding steroid dienone is 1. The van der Waals surface area contributed by atoms with Gasteiger partial charge in [-0.15, -0.1) is 10.2 Å². The molecule has 0 aliphatic carbocycles. The Balaban J connectivity index is 0.000000166. The van der Waals surface area contributed by atoms with E-state index in [9.17, 15) is 9.90 Å². The Hall–Kier alpha value is -5.18. The van der Waals surface area contributed by atoms with E-state index in [0.29, 0.717) is 11.4 Å². The van der Waals surface area contributed by atoms with Gasteiger partial charge >= 0.3 is 0 Å². The lowest BCUT2D eigenvalue weighted by Crippen LogP contribution is -2.29. The van der Waals surface area contributed by atoms with Crippen LogP contribution in [0.4, 0.5) is 5.69 Å². The predicted octanol–water partition coefficient (Wildman–Crippen LogP) is 7.20. The van der Waals surface area contributed by atoms with Gasteiger partial charge in [0.2, 0.25) is 11.7 Å². The molecule has 0 amide bonds. The average molecular weight is 551 g/mol. The number of aryl methyl sites for hydroxylation is 1. The van der Waals surface area contributed by atoms with Crippen LogP contribution in [0, 0.1) is 6.92 Å². The van der Waals surface area contributed by atoms with Crippen LogP contribution in [0.3, 0.4) is 0 Å². The van der Waals surface area contributed by atoms with Crippen LogP contribution in [-0.4, -0.2) is 40.6 Å². The van der Waals surface area contributed by atoms with Gasteiger partial charge in [0.1, 0.15) is 17.3 Å². The minimum atomic E-state index is -1.26. The van der Waals surface area contributed by atoms with E-state index in [0.717, 1.165) is 44.4 Å². The number of nitrogens with zero attached hydrogens (tertiary/aromatic N) is 4. The summed E-state index contributed by atoms with van der Waals surface area (Å²) in [7, 11) is 3.28. The number of azo groups is 1. The van der Waals surface area contributed by atoms with Crippen molar-refractivity contribution in [1.29, 1.82) is 0 Å². The molecule has 1 aliphatic heterocycles. The topological polar surface area (TPSA) is 108 Å². The molecule has 9 heteroatoms. The lowest BCUT2D eigenvalue weighted by atomic mass is 10.1. The number of benzene rings is 4. The molecule has 0 radical (unpaired) electrons. The number of hydrogen-bond acceptors (Lipinski definition) is 8. The summed E-state index contributed by atoms with van der Waals surface area (Å²) in [5.74, 6) is 1.99. The molecule has 9 nitrogen and oxygen atoms in total. The van der Waals surface area contributed by atoms with Gasteiger partial charge in [-0.1, -0.05) is 24.3 Å². The highest BCUT2D eigenvalue weighted by Crippen LogP contribution is 2.30. The first-order valence-electron chi connectivity index (χ1n) is 12.9. The molecule has 0 bridgehead atoms. The fraction of sp³-hybridized carbons (Fsp3) is 0.188. The SMILES string of the molecule is COc1ccc2ccc(-n3nc(O)cc3C)cc2c1.COc1ccc2ccc(N=NC3(C)OC(C)=CC3=O)cc2c1. The molecule has 208 valence electrons. The van der Waals surface area contributed by atoms with Crippen molar-refractivity contribution in [3.8, 4) is 23.1 Å². The van der Waals surface area contributed by atoms with Gasteiger partial charge in [-0.25, -0.2) is 4.68 Å². The Bertz CT molecular complexity index is 1820. The van der Waals surface area contributed by atoms with Crippen LogP contribution in [0.2, 0.25) is 0 Å². The van der Waals surface area contributed by atoms with Gasteiger partial charge in [0.05, 0.1) is 25.6 Å². The molecule has 41 heavy (non-hydrogen) atoms. The summed E-state index contributed by atoms with van der Waals surface area (Å²) in [6, 6.07) is 25.1. The van der Waals surface area contributed by atoms with Gasteiger partial charge in [0.15, 0.2) is 0 Å². The van der Waals surface area contributed by atoms with E-state index in [2.05, 4.69) is 15.3 Å². The summed E-state index contributed by atoms with van der Waals surface area (Å²) in [6.45, 7) is 5.24. The van der Waals surface area contributed by atoms with E-state index in [1.165, 1.54) is 6.08 Å². The maximum absolute atomic E-state index is 11.9. The normalized spacial score (nSPS) is 16.4. The van der Waals surface area contributed by atoms with Crippen LogP contribution >= 0.6 is 0 Å². The number of hydrogen-bond donors (Lipinski definition) is 1. The maximum Gasteiger partial charge on any atom is 0.278 e. The standard InChI is InChI=1S/C17H16N2O3.C15H14N2O2/c1-11-8-16(20)17(2,22-11)19-18-14-6-4-12-5-7-15(21-3)10-13(12)9-14;1-10-7-15(18)16-17(10)13-5-3-11-4-6-14(19-2)9-12(11)8-13/h4-10H,1-3H3;3-9H,1-2H3,(H,16,18). The third kappa shape index (κ3) is 5.89. The van der Waals surface area contributed by atoms with Crippen molar-refractivity contribution < 1.29 is 24.1 Å². The van der Waals surface area contributed by atoms with E-state index in [4.69, 9.17) is 14.2 Å². The quantitative estimate of drug-likeness (QED) is 0.232. The second-order valence-corrected chi connectivity index (χ2v) is 9.75. The minimum absolute atomic E-state index is 0.0308. The Morgan fingerprint density at radius 1 is 0.829 bits per heavy atom. The first-order chi connectivity index (χ1) is 19.7. The van der Waals surface area contributed by atoms with Crippen LogP contribution in [0.25, 0.3) is 27.2 Å². The molecule has 0 saturated heterocycles. The Kier molecular flexibility index (Phi) is 7.43. The zero-order valence-electron chi connectivity index (χ0n) is 23.5. The summed E-state index contributed by atoms with van der Waals surface area (Å²) in [4.78, 5) is 11.9. The number of rotatable bonds is 5. The van der Waals surface area contributed by atoms with Gasteiger partial charge in [-0.3, -0.25) is 4.79 Å². The van der Waals surface area contributed by atoms with Crippen molar-refractivity contribution in [2.24, 2.45) is 10.2 Å². The monoisotopic (exact) mass is 550 g/mol. The lowest BCUT2D eigenvalue weighted by molar-refractivity contribution is -0.128. The molecular weight excluding hydrogens is 520 g/mol. The number of aromatic hydroxyl groups is 1. The summed E-state index contributed by atoms with van der Waals surface area (Å²) < 4.78 is 17.6. The number of ether oxygens (including phenoxy) is 3. The minimum Gasteiger partial charge on any atom is -0.497 e. The molecule has 0 fully saturated rings. The Labute approximate surface area is 237 Å². The largest absolute Gasteiger partial charge is 0.497 e. The Morgan fingerprint density at radius 3 is 2.00 bits per heavy atom. The fourth-order valence-electron chi connectivity index (χ4n) is 4.53. The van der Waals surface area contributed by atoms with E-state index in [1.807, 2.05) is 79.7 Å². The molecule has 1 aliphatic rings. The van der Waals surface area contributed by atoms with Crippen molar-refractivity contribution in [3.05, 3.63) is 96.4 Å². The fourth-order valence-corrected chi connectivity index (χ4v) is 4.53. The molecular formula is C32H30N4O5. The van der Waals surface area contributed by atoms with Crippen LogP contribution < -0.4 is 9.47 Å². The van der Waals surface area contributed by atoms with E-state index >= 15 is 0 Å². The lowest BCUT2D eigenvalue weighted by Gasteiger charge is -2.16. The first kappa shape index (κ1) is 27.4. The molecule has 6 rings (SSSR count). The zero-order chi connectivity index (χ0) is 29.1. The molecule has 0 spiro atoms. The molecule has 1 aromatic heterocycles. The van der Waals surface area contributed by atoms with Crippen molar-refractivity contribution >= 4 is 33.0 Å². The third-order valence-corrected chi connectivity index (χ3v) is 6.69.